The van der Waals surface area contributed by atoms with E-state index in [0.29, 0.717) is 13.1 Å². The summed E-state index contributed by atoms with van der Waals surface area (Å²) in [5, 5.41) is 10.3. The number of benzene rings is 2. The molecular weight excluding hydrogens is 322 g/mol. The van der Waals surface area contributed by atoms with E-state index in [4.69, 9.17) is 0 Å². The summed E-state index contributed by atoms with van der Waals surface area (Å²) in [4.78, 5) is 15.0. The SMILES string of the molecule is C[C@@H](C(=O)C[C@@H](O)C(C)(C)C)N(Cc1ccccc1)Cc1ccccc1. The quantitative estimate of drug-likeness (QED) is 0.762. The summed E-state index contributed by atoms with van der Waals surface area (Å²) in [5.74, 6) is 0.0827. The molecule has 0 aromatic heterocycles. The fraction of sp³-hybridized carbons (Fsp3) is 0.435. The first-order valence-electron chi connectivity index (χ1n) is 9.30. The Balaban J connectivity index is 2.14. The number of hydrogen-bond donors (Lipinski definition) is 1. The molecule has 0 saturated carbocycles. The maximum atomic E-state index is 12.8. The predicted molar refractivity (Wildman–Crippen MR) is 107 cm³/mol. The zero-order valence-electron chi connectivity index (χ0n) is 16.4. The van der Waals surface area contributed by atoms with E-state index in [1.165, 1.54) is 11.1 Å². The molecule has 0 bridgehead atoms. The average molecular weight is 354 g/mol. The van der Waals surface area contributed by atoms with Crippen molar-refractivity contribution in [1.29, 1.82) is 0 Å². The van der Waals surface area contributed by atoms with Crippen LogP contribution in [0.4, 0.5) is 0 Å². The summed E-state index contributed by atoms with van der Waals surface area (Å²) in [6.07, 6.45) is -0.446. The van der Waals surface area contributed by atoms with E-state index >= 15 is 0 Å². The van der Waals surface area contributed by atoms with Gasteiger partial charge in [-0.05, 0) is 23.5 Å². The minimum absolute atomic E-state index is 0.0827. The Morgan fingerprint density at radius 2 is 1.35 bits per heavy atom. The second-order valence-electron chi connectivity index (χ2n) is 8.10. The molecule has 0 heterocycles. The lowest BCUT2D eigenvalue weighted by Crippen LogP contribution is -2.41. The molecule has 140 valence electrons. The lowest BCUT2D eigenvalue weighted by atomic mass is 9.85. The van der Waals surface area contributed by atoms with Gasteiger partial charge >= 0.3 is 0 Å². The Hall–Kier alpha value is -1.97. The van der Waals surface area contributed by atoms with Crippen LogP contribution >= 0.6 is 0 Å². The van der Waals surface area contributed by atoms with Gasteiger partial charge in [-0.3, -0.25) is 9.69 Å². The summed E-state index contributed by atoms with van der Waals surface area (Å²) in [6.45, 7) is 9.23. The fourth-order valence-electron chi connectivity index (χ4n) is 2.84. The van der Waals surface area contributed by atoms with Crippen molar-refractivity contribution in [3.8, 4) is 0 Å². The first-order chi connectivity index (χ1) is 12.3. The summed E-state index contributed by atoms with van der Waals surface area (Å²) >= 11 is 0. The van der Waals surface area contributed by atoms with Crippen LogP contribution in [0.5, 0.6) is 0 Å². The Bertz CT molecular complexity index is 635. The van der Waals surface area contributed by atoms with Crippen molar-refractivity contribution in [3.05, 3.63) is 71.8 Å². The van der Waals surface area contributed by atoms with Crippen molar-refractivity contribution < 1.29 is 9.90 Å². The van der Waals surface area contributed by atoms with Crippen LogP contribution in [0.3, 0.4) is 0 Å². The van der Waals surface area contributed by atoms with Crippen LogP contribution in [0.1, 0.15) is 45.2 Å². The molecule has 1 N–H and O–H groups in total. The van der Waals surface area contributed by atoms with Crippen molar-refractivity contribution in [2.75, 3.05) is 0 Å². The molecule has 0 radical (unpaired) electrons. The lowest BCUT2D eigenvalue weighted by molar-refractivity contribution is -0.127. The number of aliphatic hydroxyl groups is 1. The van der Waals surface area contributed by atoms with E-state index in [9.17, 15) is 9.90 Å². The van der Waals surface area contributed by atoms with Crippen LogP contribution in [-0.4, -0.2) is 27.9 Å². The third-order valence-electron chi connectivity index (χ3n) is 4.86. The molecule has 2 rings (SSSR count). The van der Waals surface area contributed by atoms with E-state index in [0.717, 1.165) is 0 Å². The van der Waals surface area contributed by atoms with Crippen LogP contribution in [0, 0.1) is 5.41 Å². The molecule has 0 aliphatic heterocycles. The van der Waals surface area contributed by atoms with Gasteiger partial charge in [-0.25, -0.2) is 0 Å². The number of Topliss-reactive ketones (excluding diaryl/α,β-unsaturated/α-hetero) is 1. The molecule has 0 aliphatic rings. The molecule has 2 aromatic carbocycles. The van der Waals surface area contributed by atoms with Gasteiger partial charge in [0.1, 0.15) is 0 Å². The largest absolute Gasteiger partial charge is 0.392 e. The summed E-state index contributed by atoms with van der Waals surface area (Å²) < 4.78 is 0. The topological polar surface area (TPSA) is 40.5 Å². The molecule has 0 fully saturated rings. The lowest BCUT2D eigenvalue weighted by Gasteiger charge is -2.31. The highest BCUT2D eigenvalue weighted by Crippen LogP contribution is 2.23. The van der Waals surface area contributed by atoms with E-state index in [-0.39, 0.29) is 23.7 Å². The predicted octanol–water partition coefficient (Wildman–Crippen LogP) is 4.44. The molecular formula is C23H31NO2. The van der Waals surface area contributed by atoms with E-state index in [1.54, 1.807) is 0 Å². The van der Waals surface area contributed by atoms with Gasteiger partial charge in [-0.15, -0.1) is 0 Å². The second kappa shape index (κ2) is 9.11. The van der Waals surface area contributed by atoms with E-state index < -0.39 is 6.10 Å². The van der Waals surface area contributed by atoms with Gasteiger partial charge in [0.15, 0.2) is 5.78 Å². The highest BCUT2D eigenvalue weighted by atomic mass is 16.3. The van der Waals surface area contributed by atoms with Gasteiger partial charge in [-0.2, -0.15) is 0 Å². The van der Waals surface area contributed by atoms with Crippen molar-refractivity contribution >= 4 is 5.78 Å². The minimum Gasteiger partial charge on any atom is -0.392 e. The smallest absolute Gasteiger partial charge is 0.152 e. The minimum atomic E-state index is -0.632. The normalized spacial score (nSPS) is 14.2. The zero-order valence-corrected chi connectivity index (χ0v) is 16.4. The maximum absolute atomic E-state index is 12.8. The molecule has 0 unspecified atom stereocenters. The monoisotopic (exact) mass is 353 g/mol. The van der Waals surface area contributed by atoms with Gasteiger partial charge in [-0.1, -0.05) is 81.4 Å². The van der Waals surface area contributed by atoms with Gasteiger partial charge in [0, 0.05) is 19.5 Å². The molecule has 0 saturated heterocycles. The molecule has 26 heavy (non-hydrogen) atoms. The summed E-state index contributed by atoms with van der Waals surface area (Å²) in [7, 11) is 0. The Morgan fingerprint density at radius 3 is 1.73 bits per heavy atom. The maximum Gasteiger partial charge on any atom is 0.152 e. The van der Waals surface area contributed by atoms with Crippen LogP contribution < -0.4 is 0 Å². The summed E-state index contributed by atoms with van der Waals surface area (Å²) in [6, 6.07) is 20.2. The second-order valence-corrected chi connectivity index (χ2v) is 8.10. The molecule has 2 aromatic rings. The average Bonchev–Trinajstić information content (AvgIpc) is 2.61. The van der Waals surface area contributed by atoms with Crippen molar-refractivity contribution in [2.24, 2.45) is 5.41 Å². The van der Waals surface area contributed by atoms with Crippen molar-refractivity contribution in [1.82, 2.24) is 4.90 Å². The number of carbonyl (C=O) groups is 1. The van der Waals surface area contributed by atoms with Crippen LogP contribution in [0.2, 0.25) is 0 Å². The van der Waals surface area contributed by atoms with E-state index in [1.807, 2.05) is 64.1 Å². The van der Waals surface area contributed by atoms with Crippen LogP contribution in [-0.2, 0) is 17.9 Å². The highest BCUT2D eigenvalue weighted by Gasteiger charge is 2.29. The first kappa shape index (κ1) is 20.3. The van der Waals surface area contributed by atoms with Crippen LogP contribution in [0.15, 0.2) is 60.7 Å². The Kier molecular flexibility index (Phi) is 7.13. The highest BCUT2D eigenvalue weighted by molar-refractivity contribution is 5.84. The number of carbonyl (C=O) groups excluding carboxylic acids is 1. The third-order valence-corrected chi connectivity index (χ3v) is 4.86. The summed E-state index contributed by atoms with van der Waals surface area (Å²) in [5.41, 5.74) is 2.07. The van der Waals surface area contributed by atoms with Crippen molar-refractivity contribution in [2.45, 2.75) is 59.4 Å². The van der Waals surface area contributed by atoms with E-state index in [2.05, 4.69) is 29.2 Å². The number of aliphatic hydroxyl groups excluding tert-OH is 1. The first-order valence-corrected chi connectivity index (χ1v) is 9.30. The van der Waals surface area contributed by atoms with Gasteiger partial charge in [0.25, 0.3) is 0 Å². The Morgan fingerprint density at radius 1 is 0.923 bits per heavy atom. The van der Waals surface area contributed by atoms with Gasteiger partial charge in [0.05, 0.1) is 12.1 Å². The van der Waals surface area contributed by atoms with Crippen LogP contribution in [0.25, 0.3) is 0 Å². The molecule has 0 amide bonds. The third kappa shape index (κ3) is 6.08. The van der Waals surface area contributed by atoms with Gasteiger partial charge in [0.2, 0.25) is 0 Å². The molecule has 2 atom stereocenters. The van der Waals surface area contributed by atoms with Gasteiger partial charge < -0.3 is 5.11 Å². The number of rotatable bonds is 8. The molecule has 3 heteroatoms. The fourth-order valence-corrected chi connectivity index (χ4v) is 2.84. The molecule has 0 spiro atoms. The molecule has 3 nitrogen and oxygen atoms in total. The zero-order chi connectivity index (χ0) is 19.2. The van der Waals surface area contributed by atoms with Crippen molar-refractivity contribution in [3.63, 3.8) is 0 Å². The molecule has 0 aliphatic carbocycles. The number of hydrogen-bond acceptors (Lipinski definition) is 3. The number of ketones is 1. The number of nitrogens with zero attached hydrogens (tertiary/aromatic N) is 1. The Labute approximate surface area is 157 Å². The standard InChI is InChI=1S/C23H31NO2/c1-18(21(25)15-22(26)23(2,3)4)24(16-19-11-7-5-8-12-19)17-20-13-9-6-10-14-20/h5-14,18,22,26H,15-17H2,1-4H3/t18-,22+/m0/s1.